The lowest BCUT2D eigenvalue weighted by atomic mass is 10.1. The minimum absolute atomic E-state index is 0.00824. The standard InChI is InChI=1S/C23H27Cl4N3O4S/c1-5-14(2)28-23(32)15(3)29(12-16-9-10-17(24)19(26)11-16)21(31)13-30(35(4,33)34)20-8-6-7-18(25)22(20)27/h6-11,14-15H,5,12-13H2,1-4H3,(H,28,32)/t14-,15-/m1/s1. The second kappa shape index (κ2) is 12.5. The van der Waals surface area contributed by atoms with Crippen LogP contribution in [0.5, 0.6) is 0 Å². The third-order valence-electron chi connectivity index (χ3n) is 5.38. The Hall–Kier alpha value is -1.71. The van der Waals surface area contributed by atoms with Crippen LogP contribution in [-0.2, 0) is 26.2 Å². The fraction of sp³-hybridized carbons (Fsp3) is 0.391. The highest BCUT2D eigenvalue weighted by atomic mass is 35.5. The van der Waals surface area contributed by atoms with E-state index in [0.29, 0.717) is 17.0 Å². The number of anilines is 1. The number of rotatable bonds is 10. The summed E-state index contributed by atoms with van der Waals surface area (Å²) in [7, 11) is -3.94. The fourth-order valence-corrected chi connectivity index (χ4v) is 4.79. The maximum absolute atomic E-state index is 13.5. The predicted octanol–water partition coefficient (Wildman–Crippen LogP) is 5.40. The largest absolute Gasteiger partial charge is 0.352 e. The van der Waals surface area contributed by atoms with E-state index >= 15 is 0 Å². The van der Waals surface area contributed by atoms with Crippen LogP contribution in [0, 0.1) is 0 Å². The molecule has 2 aromatic rings. The Kier molecular flexibility index (Phi) is 10.5. The van der Waals surface area contributed by atoms with E-state index in [0.717, 1.165) is 10.6 Å². The minimum atomic E-state index is -3.94. The van der Waals surface area contributed by atoms with Crippen molar-refractivity contribution in [2.45, 2.75) is 45.8 Å². The molecule has 0 unspecified atom stereocenters. The van der Waals surface area contributed by atoms with Gasteiger partial charge in [0, 0.05) is 12.6 Å². The van der Waals surface area contributed by atoms with Gasteiger partial charge in [0.05, 0.1) is 32.0 Å². The van der Waals surface area contributed by atoms with Crippen LogP contribution in [0.25, 0.3) is 0 Å². The molecule has 0 aliphatic rings. The lowest BCUT2D eigenvalue weighted by Gasteiger charge is -2.32. The first-order chi connectivity index (χ1) is 16.3. The highest BCUT2D eigenvalue weighted by Gasteiger charge is 2.31. The highest BCUT2D eigenvalue weighted by Crippen LogP contribution is 2.34. The number of amides is 2. The summed E-state index contributed by atoms with van der Waals surface area (Å²) in [6.45, 7) is 4.74. The van der Waals surface area contributed by atoms with E-state index in [1.54, 1.807) is 25.1 Å². The van der Waals surface area contributed by atoms with E-state index in [1.807, 2.05) is 13.8 Å². The first-order valence-corrected chi connectivity index (χ1v) is 14.1. The van der Waals surface area contributed by atoms with E-state index in [2.05, 4.69) is 5.32 Å². The van der Waals surface area contributed by atoms with E-state index < -0.39 is 28.5 Å². The van der Waals surface area contributed by atoms with Gasteiger partial charge in [-0.15, -0.1) is 0 Å². The van der Waals surface area contributed by atoms with Crippen molar-refractivity contribution in [2.24, 2.45) is 0 Å². The van der Waals surface area contributed by atoms with Crippen molar-refractivity contribution < 1.29 is 18.0 Å². The SMILES string of the molecule is CC[C@@H](C)NC(=O)[C@@H](C)N(Cc1ccc(Cl)c(Cl)c1)C(=O)CN(c1cccc(Cl)c1Cl)S(C)(=O)=O. The van der Waals surface area contributed by atoms with Gasteiger partial charge in [0.2, 0.25) is 21.8 Å². The Bertz CT molecular complexity index is 1190. The molecule has 35 heavy (non-hydrogen) atoms. The van der Waals surface area contributed by atoms with Gasteiger partial charge in [-0.05, 0) is 50.1 Å². The number of hydrogen-bond acceptors (Lipinski definition) is 4. The van der Waals surface area contributed by atoms with Crippen LogP contribution < -0.4 is 9.62 Å². The zero-order chi connectivity index (χ0) is 26.5. The molecule has 2 atom stereocenters. The molecule has 7 nitrogen and oxygen atoms in total. The maximum Gasteiger partial charge on any atom is 0.244 e. The van der Waals surface area contributed by atoms with Gasteiger partial charge in [0.15, 0.2) is 0 Å². The molecule has 0 bridgehead atoms. The van der Waals surface area contributed by atoms with Gasteiger partial charge in [0.25, 0.3) is 0 Å². The summed E-state index contributed by atoms with van der Waals surface area (Å²) in [5, 5.41) is 3.61. The summed E-state index contributed by atoms with van der Waals surface area (Å²) in [4.78, 5) is 27.7. The van der Waals surface area contributed by atoms with Crippen molar-refractivity contribution in [3.63, 3.8) is 0 Å². The van der Waals surface area contributed by atoms with Gasteiger partial charge in [-0.2, -0.15) is 0 Å². The quantitative estimate of drug-likeness (QED) is 0.406. The Morgan fingerprint density at radius 3 is 2.23 bits per heavy atom. The van der Waals surface area contributed by atoms with Crippen molar-refractivity contribution in [2.75, 3.05) is 17.1 Å². The van der Waals surface area contributed by atoms with Crippen LogP contribution in [0.15, 0.2) is 36.4 Å². The lowest BCUT2D eigenvalue weighted by Crippen LogP contribution is -2.52. The molecule has 0 saturated heterocycles. The van der Waals surface area contributed by atoms with E-state index in [-0.39, 0.29) is 39.2 Å². The monoisotopic (exact) mass is 581 g/mol. The first kappa shape index (κ1) is 29.5. The zero-order valence-electron chi connectivity index (χ0n) is 19.7. The van der Waals surface area contributed by atoms with Gasteiger partial charge in [-0.3, -0.25) is 13.9 Å². The summed E-state index contributed by atoms with van der Waals surface area (Å²) in [5.74, 6) is -0.996. The van der Waals surface area contributed by atoms with Crippen LogP contribution in [0.1, 0.15) is 32.8 Å². The van der Waals surface area contributed by atoms with Crippen LogP contribution >= 0.6 is 46.4 Å². The van der Waals surface area contributed by atoms with Crippen molar-refractivity contribution in [1.82, 2.24) is 10.2 Å². The summed E-state index contributed by atoms with van der Waals surface area (Å²) in [6.07, 6.45) is 1.66. The van der Waals surface area contributed by atoms with Crippen LogP contribution in [0.4, 0.5) is 5.69 Å². The molecule has 1 N–H and O–H groups in total. The molecule has 2 aromatic carbocycles. The molecule has 2 amide bonds. The van der Waals surface area contributed by atoms with Gasteiger partial charge >= 0.3 is 0 Å². The molecular formula is C23H27Cl4N3O4S. The molecule has 0 aromatic heterocycles. The number of sulfonamides is 1. The average molecular weight is 583 g/mol. The summed E-state index contributed by atoms with van der Waals surface area (Å²) < 4.78 is 26.1. The normalized spacial score (nSPS) is 13.1. The number of hydrogen-bond donors (Lipinski definition) is 1. The van der Waals surface area contributed by atoms with Crippen molar-refractivity contribution in [3.05, 3.63) is 62.1 Å². The van der Waals surface area contributed by atoms with Gasteiger partial charge < -0.3 is 10.2 Å². The van der Waals surface area contributed by atoms with E-state index in [1.165, 1.54) is 23.1 Å². The second-order valence-electron chi connectivity index (χ2n) is 8.11. The van der Waals surface area contributed by atoms with Gasteiger partial charge in [-0.1, -0.05) is 65.5 Å². The number of nitrogens with zero attached hydrogens (tertiary/aromatic N) is 2. The highest BCUT2D eigenvalue weighted by molar-refractivity contribution is 7.92. The summed E-state index contributed by atoms with van der Waals surface area (Å²) >= 11 is 24.5. The molecule has 0 heterocycles. The first-order valence-electron chi connectivity index (χ1n) is 10.7. The van der Waals surface area contributed by atoms with Crippen LogP contribution in [0.3, 0.4) is 0 Å². The van der Waals surface area contributed by atoms with E-state index in [9.17, 15) is 18.0 Å². The van der Waals surface area contributed by atoms with Crippen LogP contribution in [0.2, 0.25) is 20.1 Å². The van der Waals surface area contributed by atoms with Crippen molar-refractivity contribution in [1.29, 1.82) is 0 Å². The topological polar surface area (TPSA) is 86.8 Å². The Morgan fingerprint density at radius 1 is 1.00 bits per heavy atom. The molecule has 192 valence electrons. The Labute approximate surface area is 226 Å². The molecule has 2 rings (SSSR count). The molecule has 0 spiro atoms. The summed E-state index contributed by atoms with van der Waals surface area (Å²) in [5.41, 5.74) is 0.670. The predicted molar refractivity (Wildman–Crippen MR) is 143 cm³/mol. The number of nitrogens with one attached hydrogen (secondary N) is 1. The lowest BCUT2D eigenvalue weighted by molar-refractivity contribution is -0.139. The number of halogens is 4. The minimum Gasteiger partial charge on any atom is -0.352 e. The Morgan fingerprint density at radius 2 is 1.66 bits per heavy atom. The average Bonchev–Trinajstić information content (AvgIpc) is 2.78. The third-order valence-corrected chi connectivity index (χ3v) is 8.06. The van der Waals surface area contributed by atoms with Gasteiger partial charge in [0.1, 0.15) is 12.6 Å². The van der Waals surface area contributed by atoms with Crippen molar-refractivity contribution >= 4 is 73.9 Å². The molecule has 12 heteroatoms. The number of benzene rings is 2. The van der Waals surface area contributed by atoms with Gasteiger partial charge in [-0.25, -0.2) is 8.42 Å². The van der Waals surface area contributed by atoms with Crippen molar-refractivity contribution in [3.8, 4) is 0 Å². The molecular weight excluding hydrogens is 556 g/mol. The Balaban J connectivity index is 2.45. The smallest absolute Gasteiger partial charge is 0.244 e. The maximum atomic E-state index is 13.5. The van der Waals surface area contributed by atoms with Crippen LogP contribution in [-0.4, -0.2) is 50.0 Å². The molecule has 0 saturated carbocycles. The van der Waals surface area contributed by atoms with E-state index in [4.69, 9.17) is 46.4 Å². The zero-order valence-corrected chi connectivity index (χ0v) is 23.5. The molecule has 0 radical (unpaired) electrons. The second-order valence-corrected chi connectivity index (χ2v) is 11.6. The number of carbonyl (C=O) groups excluding carboxylic acids is 2. The summed E-state index contributed by atoms with van der Waals surface area (Å²) in [6, 6.07) is 8.31. The number of carbonyl (C=O) groups is 2. The molecule has 0 aliphatic carbocycles. The fourth-order valence-electron chi connectivity index (χ4n) is 3.16. The third kappa shape index (κ3) is 7.89. The molecule has 0 aliphatic heterocycles. The molecule has 0 fully saturated rings.